The van der Waals surface area contributed by atoms with Crippen LogP contribution in [-0.2, 0) is 0 Å². The number of rotatable bonds is 16. The number of unbranched alkanes of at least 4 members (excludes halogenated alkanes) is 14. The van der Waals surface area contributed by atoms with Gasteiger partial charge in [0.1, 0.15) is 0 Å². The number of nitriles is 1. The van der Waals surface area contributed by atoms with Crippen LogP contribution >= 0.6 is 0 Å². The highest BCUT2D eigenvalue weighted by Gasteiger charge is 1.94. The molecule has 0 aliphatic rings. The lowest BCUT2D eigenvalue weighted by molar-refractivity contribution is 0.538. The van der Waals surface area contributed by atoms with Gasteiger partial charge < -0.3 is 0 Å². The van der Waals surface area contributed by atoms with Crippen LogP contribution in [0.15, 0.2) is 11.6 Å². The van der Waals surface area contributed by atoms with E-state index in [2.05, 4.69) is 26.0 Å². The van der Waals surface area contributed by atoms with E-state index in [-0.39, 0.29) is 0 Å². The highest BCUT2D eigenvalue weighted by atomic mass is 14.2. The lowest BCUT2D eigenvalue weighted by Gasteiger charge is -2.03. The van der Waals surface area contributed by atoms with Crippen molar-refractivity contribution < 1.29 is 0 Å². The van der Waals surface area contributed by atoms with Crippen molar-refractivity contribution in [3.8, 4) is 6.07 Å². The molecule has 1 heteroatoms. The van der Waals surface area contributed by atoms with Crippen LogP contribution in [0.2, 0.25) is 0 Å². The minimum absolute atomic E-state index is 0.745. The molecule has 0 rings (SSSR count). The van der Waals surface area contributed by atoms with Gasteiger partial charge in [-0.05, 0) is 32.6 Å². The van der Waals surface area contributed by atoms with Crippen molar-refractivity contribution in [2.24, 2.45) is 0 Å². The second kappa shape index (κ2) is 18.3. The molecule has 0 aromatic carbocycles. The monoisotopic (exact) mass is 305 g/mol. The van der Waals surface area contributed by atoms with Crippen molar-refractivity contribution in [2.45, 2.75) is 117 Å². The van der Waals surface area contributed by atoms with E-state index < -0.39 is 0 Å². The Morgan fingerprint density at radius 2 is 1.14 bits per heavy atom. The summed E-state index contributed by atoms with van der Waals surface area (Å²) in [6, 6.07) is 2.22. The molecule has 0 atom stereocenters. The third kappa shape index (κ3) is 17.3. The van der Waals surface area contributed by atoms with E-state index in [1.54, 1.807) is 5.57 Å². The molecule has 0 aliphatic heterocycles. The summed E-state index contributed by atoms with van der Waals surface area (Å²) >= 11 is 0. The van der Waals surface area contributed by atoms with Crippen LogP contribution < -0.4 is 0 Å². The van der Waals surface area contributed by atoms with Gasteiger partial charge in [-0.25, -0.2) is 0 Å². The summed E-state index contributed by atoms with van der Waals surface area (Å²) in [6.45, 7) is 4.48. The van der Waals surface area contributed by atoms with Gasteiger partial charge in [0.05, 0.1) is 6.07 Å². The molecule has 0 spiro atoms. The fraction of sp³-hybridized carbons (Fsp3) is 0.857. The predicted molar refractivity (Wildman–Crippen MR) is 98.9 cm³/mol. The van der Waals surface area contributed by atoms with Crippen LogP contribution in [0.4, 0.5) is 0 Å². The molecule has 0 amide bonds. The molecule has 1 nitrogen and oxygen atoms in total. The Labute approximate surface area is 140 Å². The average molecular weight is 306 g/mol. The Morgan fingerprint density at radius 1 is 0.727 bits per heavy atom. The van der Waals surface area contributed by atoms with E-state index in [1.165, 1.54) is 89.9 Å². The quantitative estimate of drug-likeness (QED) is 0.211. The third-order valence-corrected chi connectivity index (χ3v) is 4.54. The molecule has 0 aromatic heterocycles. The van der Waals surface area contributed by atoms with Crippen LogP contribution in [0.1, 0.15) is 117 Å². The third-order valence-electron chi connectivity index (χ3n) is 4.54. The standard InChI is InChI=1S/C21H39N/c1-3-21(2)19-17-15-13-11-9-7-5-4-6-8-10-12-14-16-18-20-22/h19H,3-18H2,1-2H3/b21-19+. The zero-order valence-corrected chi connectivity index (χ0v) is 15.3. The molecule has 128 valence electrons. The lowest BCUT2D eigenvalue weighted by Crippen LogP contribution is -1.83. The van der Waals surface area contributed by atoms with E-state index in [9.17, 15) is 0 Å². The van der Waals surface area contributed by atoms with Crippen LogP contribution in [0.3, 0.4) is 0 Å². The second-order valence-electron chi connectivity index (χ2n) is 6.70. The van der Waals surface area contributed by atoms with Crippen molar-refractivity contribution in [1.29, 1.82) is 5.26 Å². The Balaban J connectivity index is 3.04. The van der Waals surface area contributed by atoms with Gasteiger partial charge in [-0.2, -0.15) is 5.26 Å². The number of nitrogens with zero attached hydrogens (tertiary/aromatic N) is 1. The highest BCUT2D eigenvalue weighted by molar-refractivity contribution is 4.96. The minimum atomic E-state index is 0.745. The maximum Gasteiger partial charge on any atom is 0.0621 e. The molecule has 0 bridgehead atoms. The fourth-order valence-corrected chi connectivity index (χ4v) is 2.79. The molecule has 0 saturated carbocycles. The molecular formula is C21H39N. The summed E-state index contributed by atoms with van der Waals surface area (Å²) in [4.78, 5) is 0. The number of hydrogen-bond donors (Lipinski definition) is 0. The van der Waals surface area contributed by atoms with Gasteiger partial charge in [-0.1, -0.05) is 89.2 Å². The highest BCUT2D eigenvalue weighted by Crippen LogP contribution is 2.13. The zero-order chi connectivity index (χ0) is 16.3. The van der Waals surface area contributed by atoms with Crippen molar-refractivity contribution in [3.63, 3.8) is 0 Å². The summed E-state index contributed by atoms with van der Waals surface area (Å²) in [5, 5.41) is 8.45. The van der Waals surface area contributed by atoms with Crippen LogP contribution in [0.25, 0.3) is 0 Å². The molecule has 22 heavy (non-hydrogen) atoms. The smallest absolute Gasteiger partial charge is 0.0621 e. The van der Waals surface area contributed by atoms with E-state index in [0.717, 1.165) is 12.8 Å². The SMILES string of the molecule is CC/C(C)=C/CCCCCCCCCCCCCCCC#N. The fourth-order valence-electron chi connectivity index (χ4n) is 2.79. The topological polar surface area (TPSA) is 23.8 Å². The van der Waals surface area contributed by atoms with Gasteiger partial charge in [0.2, 0.25) is 0 Å². The minimum Gasteiger partial charge on any atom is -0.198 e. The molecule has 0 radical (unpaired) electrons. The summed E-state index contributed by atoms with van der Waals surface area (Å²) < 4.78 is 0. The van der Waals surface area contributed by atoms with Crippen molar-refractivity contribution in [2.75, 3.05) is 0 Å². The molecule has 0 saturated heterocycles. The predicted octanol–water partition coefficient (Wildman–Crippen LogP) is 7.72. The second-order valence-corrected chi connectivity index (χ2v) is 6.70. The first-order valence-corrected chi connectivity index (χ1v) is 9.83. The molecule has 0 heterocycles. The Kier molecular flexibility index (Phi) is 17.6. The van der Waals surface area contributed by atoms with E-state index >= 15 is 0 Å². The lowest BCUT2D eigenvalue weighted by atomic mass is 10.0. The van der Waals surface area contributed by atoms with Gasteiger partial charge in [0, 0.05) is 6.42 Å². The largest absolute Gasteiger partial charge is 0.198 e. The van der Waals surface area contributed by atoms with Crippen LogP contribution in [0, 0.1) is 11.3 Å². The summed E-state index contributed by atoms with van der Waals surface area (Å²) in [6.07, 6.45) is 23.5. The molecule has 0 N–H and O–H groups in total. The number of allylic oxidation sites excluding steroid dienone is 2. The summed E-state index contributed by atoms with van der Waals surface area (Å²) in [7, 11) is 0. The van der Waals surface area contributed by atoms with Crippen LogP contribution in [-0.4, -0.2) is 0 Å². The summed E-state index contributed by atoms with van der Waals surface area (Å²) in [5.41, 5.74) is 1.55. The van der Waals surface area contributed by atoms with E-state index in [1.807, 2.05) is 0 Å². The van der Waals surface area contributed by atoms with E-state index in [0.29, 0.717) is 0 Å². The van der Waals surface area contributed by atoms with Gasteiger partial charge in [-0.15, -0.1) is 0 Å². The van der Waals surface area contributed by atoms with Crippen molar-refractivity contribution in [3.05, 3.63) is 11.6 Å². The maximum atomic E-state index is 8.45. The maximum absolute atomic E-state index is 8.45. The van der Waals surface area contributed by atoms with Crippen molar-refractivity contribution >= 4 is 0 Å². The average Bonchev–Trinajstić information content (AvgIpc) is 2.54. The molecule has 0 unspecified atom stereocenters. The Morgan fingerprint density at radius 3 is 1.55 bits per heavy atom. The first-order valence-electron chi connectivity index (χ1n) is 9.83. The number of hydrogen-bond acceptors (Lipinski definition) is 1. The van der Waals surface area contributed by atoms with Crippen molar-refractivity contribution in [1.82, 2.24) is 0 Å². The zero-order valence-electron chi connectivity index (χ0n) is 15.3. The first-order chi connectivity index (χ1) is 10.8. The van der Waals surface area contributed by atoms with Gasteiger partial charge in [-0.3, -0.25) is 0 Å². The summed E-state index contributed by atoms with van der Waals surface area (Å²) in [5.74, 6) is 0. The van der Waals surface area contributed by atoms with Gasteiger partial charge >= 0.3 is 0 Å². The van der Waals surface area contributed by atoms with Crippen LogP contribution in [0.5, 0.6) is 0 Å². The van der Waals surface area contributed by atoms with Gasteiger partial charge in [0.15, 0.2) is 0 Å². The Bertz CT molecular complexity index is 285. The van der Waals surface area contributed by atoms with E-state index in [4.69, 9.17) is 5.26 Å². The van der Waals surface area contributed by atoms with Gasteiger partial charge in [0.25, 0.3) is 0 Å². The molecule has 0 aromatic rings. The normalized spacial score (nSPS) is 11.6. The molecule has 0 aliphatic carbocycles. The molecular weight excluding hydrogens is 266 g/mol. The Hall–Kier alpha value is -0.770. The molecule has 0 fully saturated rings. The first kappa shape index (κ1) is 21.2.